The molecule has 2 aliphatic heterocycles. The zero-order chi connectivity index (χ0) is 11.3. The molecule has 3 rings (SSSR count). The van der Waals surface area contributed by atoms with Crippen molar-refractivity contribution >= 4 is 13.3 Å². The second kappa shape index (κ2) is 3.42. The molecule has 1 aromatic carbocycles. The van der Waals surface area contributed by atoms with Crippen molar-refractivity contribution in [2.45, 2.75) is 46.1 Å². The molecule has 2 heterocycles. The Kier molecular flexibility index (Phi) is 2.25. The smallest absolute Gasteiger partial charge is 0.0781 e. The number of benzene rings is 1. The minimum Gasteiger partial charge on any atom is -0.372 e. The van der Waals surface area contributed by atoms with Gasteiger partial charge in [-0.05, 0) is 22.3 Å². The summed E-state index contributed by atoms with van der Waals surface area (Å²) in [4.78, 5) is 0. The fourth-order valence-electron chi connectivity index (χ4n) is 2.72. The molecule has 1 aromatic rings. The van der Waals surface area contributed by atoms with Crippen LogP contribution >= 0.6 is 0 Å². The number of ether oxygens (including phenoxy) is 2. The van der Waals surface area contributed by atoms with Crippen molar-refractivity contribution in [2.24, 2.45) is 0 Å². The molecular formula is C13H18O2Si. The van der Waals surface area contributed by atoms with Crippen LogP contribution in [0.1, 0.15) is 22.3 Å². The standard InChI is InChI=1S/C13H18O2Si/c1-16(2,3)13-4-9-5-14-6-10(9)11-7-15-8-12(11)13/h4H,5-8H2,1-3H3. The van der Waals surface area contributed by atoms with E-state index in [-0.39, 0.29) is 0 Å². The van der Waals surface area contributed by atoms with Crippen molar-refractivity contribution in [3.8, 4) is 0 Å². The lowest BCUT2D eigenvalue weighted by molar-refractivity contribution is 0.126. The summed E-state index contributed by atoms with van der Waals surface area (Å²) in [5.74, 6) is 0. The highest BCUT2D eigenvalue weighted by atomic mass is 28.3. The maximum Gasteiger partial charge on any atom is 0.0781 e. The van der Waals surface area contributed by atoms with Crippen molar-refractivity contribution in [2.75, 3.05) is 0 Å². The van der Waals surface area contributed by atoms with Crippen LogP contribution in [0.25, 0.3) is 0 Å². The van der Waals surface area contributed by atoms with Crippen molar-refractivity contribution in [3.05, 3.63) is 28.3 Å². The first kappa shape index (κ1) is 10.5. The van der Waals surface area contributed by atoms with E-state index in [1.807, 2.05) is 0 Å². The van der Waals surface area contributed by atoms with E-state index < -0.39 is 8.07 Å². The average Bonchev–Trinajstić information content (AvgIpc) is 2.82. The lowest BCUT2D eigenvalue weighted by atomic mass is 10.00. The van der Waals surface area contributed by atoms with E-state index in [4.69, 9.17) is 9.47 Å². The third-order valence-corrected chi connectivity index (χ3v) is 5.63. The van der Waals surface area contributed by atoms with E-state index in [9.17, 15) is 0 Å². The van der Waals surface area contributed by atoms with E-state index in [2.05, 4.69) is 25.7 Å². The van der Waals surface area contributed by atoms with Gasteiger partial charge in [0.1, 0.15) is 0 Å². The number of hydrogen-bond donors (Lipinski definition) is 0. The molecular weight excluding hydrogens is 216 g/mol. The van der Waals surface area contributed by atoms with Crippen LogP contribution in [-0.4, -0.2) is 8.07 Å². The van der Waals surface area contributed by atoms with Gasteiger partial charge in [-0.3, -0.25) is 0 Å². The molecule has 86 valence electrons. The zero-order valence-corrected chi connectivity index (χ0v) is 11.2. The van der Waals surface area contributed by atoms with Crippen LogP contribution in [0.4, 0.5) is 0 Å². The maximum atomic E-state index is 5.64. The highest BCUT2D eigenvalue weighted by molar-refractivity contribution is 6.89. The van der Waals surface area contributed by atoms with Gasteiger partial charge in [0, 0.05) is 0 Å². The van der Waals surface area contributed by atoms with Crippen LogP contribution in [0, 0.1) is 0 Å². The van der Waals surface area contributed by atoms with E-state index in [1.165, 1.54) is 22.3 Å². The Balaban J connectivity index is 2.24. The second-order valence-corrected chi connectivity index (χ2v) is 10.8. The normalized spacial score (nSPS) is 18.7. The molecule has 2 aliphatic rings. The van der Waals surface area contributed by atoms with Crippen LogP contribution in [0.15, 0.2) is 6.07 Å². The Bertz CT molecular complexity index is 446. The zero-order valence-electron chi connectivity index (χ0n) is 10.2. The Morgan fingerprint density at radius 1 is 0.875 bits per heavy atom. The second-order valence-electron chi connectivity index (χ2n) is 5.75. The summed E-state index contributed by atoms with van der Waals surface area (Å²) in [6.45, 7) is 10.4. The third-order valence-electron chi connectivity index (χ3n) is 3.56. The third kappa shape index (κ3) is 1.46. The van der Waals surface area contributed by atoms with Gasteiger partial charge < -0.3 is 9.47 Å². The lowest BCUT2D eigenvalue weighted by Crippen LogP contribution is -2.40. The van der Waals surface area contributed by atoms with E-state index in [0.29, 0.717) is 0 Å². The van der Waals surface area contributed by atoms with Crippen LogP contribution in [0.5, 0.6) is 0 Å². The highest BCUT2D eigenvalue weighted by Crippen LogP contribution is 2.31. The first-order valence-corrected chi connectivity index (χ1v) is 9.40. The maximum absolute atomic E-state index is 5.64. The molecule has 3 heteroatoms. The minimum absolute atomic E-state index is 0.785. The molecule has 0 aromatic heterocycles. The molecule has 0 N–H and O–H groups in total. The summed E-state index contributed by atoms with van der Waals surface area (Å²) in [7, 11) is -1.27. The summed E-state index contributed by atoms with van der Waals surface area (Å²) in [6, 6.07) is 2.39. The van der Waals surface area contributed by atoms with Gasteiger partial charge >= 0.3 is 0 Å². The van der Waals surface area contributed by atoms with Gasteiger partial charge in [0.25, 0.3) is 0 Å². The van der Waals surface area contributed by atoms with Gasteiger partial charge in [-0.2, -0.15) is 0 Å². The molecule has 0 aliphatic carbocycles. The van der Waals surface area contributed by atoms with E-state index >= 15 is 0 Å². The molecule has 2 nitrogen and oxygen atoms in total. The molecule has 0 atom stereocenters. The molecule has 0 saturated heterocycles. The molecule has 0 unspecified atom stereocenters. The van der Waals surface area contributed by atoms with Crippen LogP contribution < -0.4 is 5.19 Å². The number of hydrogen-bond acceptors (Lipinski definition) is 2. The quantitative estimate of drug-likeness (QED) is 0.694. The van der Waals surface area contributed by atoms with Crippen molar-refractivity contribution in [1.82, 2.24) is 0 Å². The highest BCUT2D eigenvalue weighted by Gasteiger charge is 2.30. The molecule has 0 bridgehead atoms. The van der Waals surface area contributed by atoms with Crippen molar-refractivity contribution in [3.63, 3.8) is 0 Å². The van der Waals surface area contributed by atoms with Gasteiger partial charge in [-0.15, -0.1) is 0 Å². The van der Waals surface area contributed by atoms with Gasteiger partial charge in [-0.25, -0.2) is 0 Å². The molecule has 16 heavy (non-hydrogen) atoms. The van der Waals surface area contributed by atoms with Gasteiger partial charge in [0.05, 0.1) is 34.5 Å². The van der Waals surface area contributed by atoms with Gasteiger partial charge in [0.2, 0.25) is 0 Å². The van der Waals surface area contributed by atoms with Crippen LogP contribution in [-0.2, 0) is 35.9 Å². The van der Waals surface area contributed by atoms with Crippen molar-refractivity contribution in [1.29, 1.82) is 0 Å². The minimum atomic E-state index is -1.27. The monoisotopic (exact) mass is 234 g/mol. The lowest BCUT2D eigenvalue weighted by Gasteiger charge is -2.21. The summed E-state index contributed by atoms with van der Waals surface area (Å²) in [5, 5.41) is 1.57. The van der Waals surface area contributed by atoms with Crippen LogP contribution in [0.2, 0.25) is 19.6 Å². The predicted molar refractivity (Wildman–Crippen MR) is 66.4 cm³/mol. The first-order valence-electron chi connectivity index (χ1n) is 5.90. The Labute approximate surface area is 97.6 Å². The fraction of sp³-hybridized carbons (Fsp3) is 0.538. The number of rotatable bonds is 1. The van der Waals surface area contributed by atoms with E-state index in [1.54, 1.807) is 5.19 Å². The van der Waals surface area contributed by atoms with Gasteiger partial charge in [-0.1, -0.05) is 30.9 Å². The molecule has 0 radical (unpaired) electrons. The fourth-order valence-corrected chi connectivity index (χ4v) is 4.46. The summed E-state index contributed by atoms with van der Waals surface area (Å²) in [5.41, 5.74) is 5.73. The molecule has 0 fully saturated rings. The van der Waals surface area contributed by atoms with Gasteiger partial charge in [0.15, 0.2) is 0 Å². The van der Waals surface area contributed by atoms with Crippen LogP contribution in [0.3, 0.4) is 0 Å². The van der Waals surface area contributed by atoms with Crippen molar-refractivity contribution < 1.29 is 9.47 Å². The molecule has 0 amide bonds. The Hall–Kier alpha value is -0.643. The molecule has 0 spiro atoms. The summed E-state index contributed by atoms with van der Waals surface area (Å²) in [6.07, 6.45) is 0. The topological polar surface area (TPSA) is 18.5 Å². The number of fused-ring (bicyclic) bond motifs is 3. The Morgan fingerprint density at radius 2 is 1.50 bits per heavy atom. The van der Waals surface area contributed by atoms with E-state index in [0.717, 1.165) is 26.4 Å². The largest absolute Gasteiger partial charge is 0.372 e. The SMILES string of the molecule is C[Si](C)(C)c1cc2c(c3c1COC3)COC2. The summed E-state index contributed by atoms with van der Waals surface area (Å²) < 4.78 is 11.2. The molecule has 0 saturated carbocycles. The first-order chi connectivity index (χ1) is 7.57. The predicted octanol–water partition coefficient (Wildman–Crippen LogP) is 2.29. The summed E-state index contributed by atoms with van der Waals surface area (Å²) >= 11 is 0. The Morgan fingerprint density at radius 3 is 2.25 bits per heavy atom. The average molecular weight is 234 g/mol.